The second-order valence-corrected chi connectivity index (χ2v) is 2.95. The Kier molecular flexibility index (Phi) is 3.03. The fourth-order valence-electron chi connectivity index (χ4n) is 1.27. The largest absolute Gasteiger partial charge is 0.388 e. The second-order valence-electron chi connectivity index (χ2n) is 2.95. The SMILES string of the molecule is CCC1O[C@H](O)C(O)C(O)[C@H]1O. The van der Waals surface area contributed by atoms with Crippen molar-refractivity contribution in [3.8, 4) is 0 Å². The zero-order chi connectivity index (χ0) is 9.30. The van der Waals surface area contributed by atoms with Crippen molar-refractivity contribution in [2.24, 2.45) is 0 Å². The zero-order valence-electron chi connectivity index (χ0n) is 6.79. The van der Waals surface area contributed by atoms with E-state index in [1.807, 2.05) is 0 Å². The smallest absolute Gasteiger partial charge is 0.183 e. The molecule has 4 N–H and O–H groups in total. The predicted molar refractivity (Wildman–Crippen MR) is 39.2 cm³/mol. The minimum Gasteiger partial charge on any atom is -0.388 e. The number of hydrogen-bond acceptors (Lipinski definition) is 5. The van der Waals surface area contributed by atoms with Gasteiger partial charge in [-0.2, -0.15) is 0 Å². The first kappa shape index (κ1) is 9.88. The van der Waals surface area contributed by atoms with E-state index in [9.17, 15) is 10.2 Å². The van der Waals surface area contributed by atoms with Gasteiger partial charge in [-0.05, 0) is 6.42 Å². The van der Waals surface area contributed by atoms with Crippen LogP contribution < -0.4 is 0 Å². The van der Waals surface area contributed by atoms with Gasteiger partial charge in [0.15, 0.2) is 6.29 Å². The summed E-state index contributed by atoms with van der Waals surface area (Å²) >= 11 is 0. The fourth-order valence-corrected chi connectivity index (χ4v) is 1.27. The van der Waals surface area contributed by atoms with Crippen molar-refractivity contribution >= 4 is 0 Å². The first-order valence-electron chi connectivity index (χ1n) is 3.95. The Labute approximate surface area is 70.2 Å². The fraction of sp³-hybridized carbons (Fsp3) is 1.00. The molecule has 5 heteroatoms. The highest BCUT2D eigenvalue weighted by atomic mass is 16.6. The van der Waals surface area contributed by atoms with E-state index in [1.54, 1.807) is 6.92 Å². The van der Waals surface area contributed by atoms with E-state index in [1.165, 1.54) is 0 Å². The van der Waals surface area contributed by atoms with Crippen molar-refractivity contribution in [2.45, 2.75) is 44.1 Å². The van der Waals surface area contributed by atoms with Gasteiger partial charge in [0.05, 0.1) is 6.10 Å². The molecule has 5 atom stereocenters. The van der Waals surface area contributed by atoms with Gasteiger partial charge in [-0.1, -0.05) is 6.92 Å². The average Bonchev–Trinajstić information content (AvgIpc) is 2.08. The molecule has 1 heterocycles. The summed E-state index contributed by atoms with van der Waals surface area (Å²) in [5, 5.41) is 36.5. The molecule has 0 bridgehead atoms. The Balaban J connectivity index is 2.63. The molecule has 72 valence electrons. The third-order valence-electron chi connectivity index (χ3n) is 2.09. The molecule has 0 aliphatic carbocycles. The van der Waals surface area contributed by atoms with Crippen molar-refractivity contribution in [1.29, 1.82) is 0 Å². The van der Waals surface area contributed by atoms with E-state index in [4.69, 9.17) is 14.9 Å². The Morgan fingerprint density at radius 1 is 1.00 bits per heavy atom. The van der Waals surface area contributed by atoms with E-state index < -0.39 is 30.7 Å². The molecule has 1 fully saturated rings. The van der Waals surface area contributed by atoms with Gasteiger partial charge >= 0.3 is 0 Å². The minimum absolute atomic E-state index is 0.474. The van der Waals surface area contributed by atoms with Crippen LogP contribution in [0.4, 0.5) is 0 Å². The maximum Gasteiger partial charge on any atom is 0.183 e. The Bertz CT molecular complexity index is 146. The second kappa shape index (κ2) is 3.68. The first-order chi connectivity index (χ1) is 5.57. The van der Waals surface area contributed by atoms with Crippen molar-refractivity contribution in [3.63, 3.8) is 0 Å². The van der Waals surface area contributed by atoms with Crippen LogP contribution in [0.1, 0.15) is 13.3 Å². The van der Waals surface area contributed by atoms with Gasteiger partial charge in [0, 0.05) is 0 Å². The maximum absolute atomic E-state index is 9.28. The lowest BCUT2D eigenvalue weighted by Crippen LogP contribution is -2.57. The molecule has 0 aromatic rings. The van der Waals surface area contributed by atoms with Crippen LogP contribution in [0.3, 0.4) is 0 Å². The summed E-state index contributed by atoms with van der Waals surface area (Å²) in [5.74, 6) is 0. The molecular weight excluding hydrogens is 164 g/mol. The molecular formula is C7H14O5. The molecule has 1 aliphatic rings. The van der Waals surface area contributed by atoms with Crippen LogP contribution in [0, 0.1) is 0 Å². The Morgan fingerprint density at radius 2 is 1.58 bits per heavy atom. The quantitative estimate of drug-likeness (QED) is 0.380. The van der Waals surface area contributed by atoms with Crippen molar-refractivity contribution in [1.82, 2.24) is 0 Å². The molecule has 3 unspecified atom stereocenters. The number of aliphatic hydroxyl groups is 4. The van der Waals surface area contributed by atoms with Crippen molar-refractivity contribution in [2.75, 3.05) is 0 Å². The summed E-state index contributed by atoms with van der Waals surface area (Å²) in [5.41, 5.74) is 0. The molecule has 0 radical (unpaired) electrons. The minimum atomic E-state index is -1.43. The molecule has 12 heavy (non-hydrogen) atoms. The Hall–Kier alpha value is -0.200. The lowest BCUT2D eigenvalue weighted by Gasteiger charge is -2.37. The summed E-state index contributed by atoms with van der Waals surface area (Å²) in [7, 11) is 0. The molecule has 0 spiro atoms. The number of hydrogen-bond donors (Lipinski definition) is 4. The van der Waals surface area contributed by atoms with E-state index in [2.05, 4.69) is 0 Å². The van der Waals surface area contributed by atoms with Crippen LogP contribution in [0.5, 0.6) is 0 Å². The summed E-state index contributed by atoms with van der Waals surface area (Å²) < 4.78 is 4.83. The lowest BCUT2D eigenvalue weighted by molar-refractivity contribution is -0.281. The monoisotopic (exact) mass is 178 g/mol. The van der Waals surface area contributed by atoms with Gasteiger partial charge in [-0.3, -0.25) is 0 Å². The Morgan fingerprint density at radius 3 is 2.08 bits per heavy atom. The third-order valence-corrected chi connectivity index (χ3v) is 2.09. The van der Waals surface area contributed by atoms with E-state index >= 15 is 0 Å². The van der Waals surface area contributed by atoms with E-state index in [0.29, 0.717) is 6.42 Å². The molecule has 0 aromatic heterocycles. The molecule has 1 aliphatic heterocycles. The number of aliphatic hydroxyl groups excluding tert-OH is 4. The molecule has 0 aromatic carbocycles. The van der Waals surface area contributed by atoms with Crippen molar-refractivity contribution < 1.29 is 25.2 Å². The van der Waals surface area contributed by atoms with E-state index in [0.717, 1.165) is 0 Å². The molecule has 1 saturated heterocycles. The third kappa shape index (κ3) is 1.60. The average molecular weight is 178 g/mol. The molecule has 0 amide bonds. The topological polar surface area (TPSA) is 90.2 Å². The summed E-state index contributed by atoms with van der Waals surface area (Å²) in [6, 6.07) is 0. The van der Waals surface area contributed by atoms with Gasteiger partial charge < -0.3 is 25.2 Å². The number of rotatable bonds is 1. The van der Waals surface area contributed by atoms with Crippen LogP contribution in [0.25, 0.3) is 0 Å². The van der Waals surface area contributed by atoms with Gasteiger partial charge in [-0.25, -0.2) is 0 Å². The van der Waals surface area contributed by atoms with Crippen molar-refractivity contribution in [3.05, 3.63) is 0 Å². The van der Waals surface area contributed by atoms with Gasteiger partial charge in [0.2, 0.25) is 0 Å². The van der Waals surface area contributed by atoms with Crippen LogP contribution in [-0.2, 0) is 4.74 Å². The van der Waals surface area contributed by atoms with Gasteiger partial charge in [0.25, 0.3) is 0 Å². The highest BCUT2D eigenvalue weighted by Gasteiger charge is 2.41. The predicted octanol–water partition coefficient (Wildman–Crippen LogP) is -1.80. The molecule has 5 nitrogen and oxygen atoms in total. The summed E-state index contributed by atoms with van der Waals surface area (Å²) in [4.78, 5) is 0. The van der Waals surface area contributed by atoms with Gasteiger partial charge in [-0.15, -0.1) is 0 Å². The number of ether oxygens (including phenoxy) is 1. The van der Waals surface area contributed by atoms with Crippen LogP contribution in [0.15, 0.2) is 0 Å². The standard InChI is InChI=1S/C7H14O5/c1-2-3-4(8)5(9)6(10)7(11)12-3/h3-11H,2H2,1H3/t3?,4-,5?,6?,7-/m0/s1. The van der Waals surface area contributed by atoms with Crippen LogP contribution in [-0.4, -0.2) is 51.1 Å². The zero-order valence-corrected chi connectivity index (χ0v) is 6.79. The van der Waals surface area contributed by atoms with Crippen LogP contribution >= 0.6 is 0 Å². The summed E-state index contributed by atoms with van der Waals surface area (Å²) in [6.07, 6.45) is -5.44. The lowest BCUT2D eigenvalue weighted by atomic mass is 9.97. The van der Waals surface area contributed by atoms with Gasteiger partial charge in [0.1, 0.15) is 18.3 Å². The molecule has 0 saturated carbocycles. The van der Waals surface area contributed by atoms with Crippen LogP contribution in [0.2, 0.25) is 0 Å². The maximum atomic E-state index is 9.28. The highest BCUT2D eigenvalue weighted by molar-refractivity contribution is 4.87. The highest BCUT2D eigenvalue weighted by Crippen LogP contribution is 2.21. The van der Waals surface area contributed by atoms with E-state index in [-0.39, 0.29) is 0 Å². The summed E-state index contributed by atoms with van der Waals surface area (Å²) in [6.45, 7) is 1.75. The normalized spacial score (nSPS) is 49.2. The molecule has 1 rings (SSSR count). The first-order valence-corrected chi connectivity index (χ1v) is 3.95.